The van der Waals surface area contributed by atoms with Crippen molar-refractivity contribution in [1.82, 2.24) is 10.2 Å². The van der Waals surface area contributed by atoms with E-state index in [4.69, 9.17) is 10.5 Å². The van der Waals surface area contributed by atoms with E-state index in [1.165, 1.54) is 11.1 Å². The Morgan fingerprint density at radius 1 is 1.32 bits per heavy atom. The number of ether oxygens (including phenoxy) is 1. The van der Waals surface area contributed by atoms with Crippen molar-refractivity contribution in [3.05, 3.63) is 35.4 Å². The lowest BCUT2D eigenvalue weighted by molar-refractivity contribution is 0.0342. The molecule has 0 saturated carbocycles. The van der Waals surface area contributed by atoms with Crippen molar-refractivity contribution in [2.75, 3.05) is 32.8 Å². The van der Waals surface area contributed by atoms with E-state index in [9.17, 15) is 0 Å². The fourth-order valence-electron chi connectivity index (χ4n) is 2.33. The van der Waals surface area contributed by atoms with E-state index in [0.29, 0.717) is 12.5 Å². The molecule has 0 atom stereocenters. The van der Waals surface area contributed by atoms with Gasteiger partial charge in [0.1, 0.15) is 0 Å². The van der Waals surface area contributed by atoms with Crippen LogP contribution in [-0.4, -0.2) is 43.7 Å². The maximum absolute atomic E-state index is 5.81. The highest BCUT2D eigenvalue weighted by Gasteiger charge is 2.10. The standard InChI is InChI=1S/C16H26N4O.HI/c1-2-6-18-16(17)19-12-14-4-3-5-15(11-14)13-20-7-9-21-10-8-20;/h3-5,11H,2,6-10,12-13H2,1H3,(H3,17,18,19);1H. The molecule has 0 unspecified atom stereocenters. The first-order valence-corrected chi connectivity index (χ1v) is 7.69. The smallest absolute Gasteiger partial charge is 0.188 e. The van der Waals surface area contributed by atoms with E-state index in [0.717, 1.165) is 45.8 Å². The Labute approximate surface area is 150 Å². The lowest BCUT2D eigenvalue weighted by atomic mass is 10.1. The Hall–Kier alpha value is -0.860. The summed E-state index contributed by atoms with van der Waals surface area (Å²) in [6.07, 6.45) is 1.05. The molecule has 1 aliphatic heterocycles. The first kappa shape index (κ1) is 19.2. The van der Waals surface area contributed by atoms with Gasteiger partial charge in [0, 0.05) is 26.2 Å². The fraction of sp³-hybridized carbons (Fsp3) is 0.562. The van der Waals surface area contributed by atoms with Gasteiger partial charge < -0.3 is 15.8 Å². The summed E-state index contributed by atoms with van der Waals surface area (Å²) in [7, 11) is 0. The van der Waals surface area contributed by atoms with Crippen molar-refractivity contribution in [1.29, 1.82) is 0 Å². The number of nitrogens with zero attached hydrogens (tertiary/aromatic N) is 2. The average molecular weight is 418 g/mol. The molecule has 0 aliphatic carbocycles. The van der Waals surface area contributed by atoms with Gasteiger partial charge in [0.15, 0.2) is 5.96 Å². The molecule has 1 aliphatic rings. The van der Waals surface area contributed by atoms with Crippen LogP contribution < -0.4 is 11.1 Å². The molecule has 124 valence electrons. The van der Waals surface area contributed by atoms with E-state index >= 15 is 0 Å². The van der Waals surface area contributed by atoms with Crippen LogP contribution in [0.2, 0.25) is 0 Å². The van der Waals surface area contributed by atoms with Gasteiger partial charge in [0.25, 0.3) is 0 Å². The Balaban J connectivity index is 0.00000242. The molecule has 2 rings (SSSR count). The summed E-state index contributed by atoms with van der Waals surface area (Å²) in [5.74, 6) is 0.524. The second kappa shape index (κ2) is 10.8. The third-order valence-electron chi connectivity index (χ3n) is 3.49. The molecular formula is C16H27IN4O. The van der Waals surface area contributed by atoms with Gasteiger partial charge in [-0.3, -0.25) is 4.90 Å². The highest BCUT2D eigenvalue weighted by atomic mass is 127. The van der Waals surface area contributed by atoms with Crippen molar-refractivity contribution >= 4 is 29.9 Å². The van der Waals surface area contributed by atoms with Gasteiger partial charge >= 0.3 is 0 Å². The summed E-state index contributed by atoms with van der Waals surface area (Å²) in [6, 6.07) is 8.57. The lowest BCUT2D eigenvalue weighted by Gasteiger charge is -2.26. The van der Waals surface area contributed by atoms with Crippen LogP contribution in [0.1, 0.15) is 24.5 Å². The predicted octanol–water partition coefficient (Wildman–Crippen LogP) is 1.95. The number of benzene rings is 1. The number of hydrogen-bond donors (Lipinski definition) is 2. The summed E-state index contributed by atoms with van der Waals surface area (Å²) < 4.78 is 5.38. The van der Waals surface area contributed by atoms with Gasteiger partial charge in [-0.15, -0.1) is 24.0 Å². The Morgan fingerprint density at radius 3 is 2.77 bits per heavy atom. The monoisotopic (exact) mass is 418 g/mol. The Bertz CT molecular complexity index is 461. The molecule has 5 nitrogen and oxygen atoms in total. The van der Waals surface area contributed by atoms with Crippen LogP contribution in [0.5, 0.6) is 0 Å². The largest absolute Gasteiger partial charge is 0.379 e. The highest BCUT2D eigenvalue weighted by Crippen LogP contribution is 2.10. The van der Waals surface area contributed by atoms with E-state index in [-0.39, 0.29) is 24.0 Å². The molecule has 1 aromatic rings. The van der Waals surface area contributed by atoms with Crippen molar-refractivity contribution in [2.24, 2.45) is 10.7 Å². The third kappa shape index (κ3) is 6.93. The number of aliphatic imine (C=N–C) groups is 1. The molecule has 1 fully saturated rings. The van der Waals surface area contributed by atoms with Crippen molar-refractivity contribution in [3.8, 4) is 0 Å². The van der Waals surface area contributed by atoms with Crippen LogP contribution >= 0.6 is 24.0 Å². The number of rotatable bonds is 6. The average Bonchev–Trinajstić information content (AvgIpc) is 2.52. The fourth-order valence-corrected chi connectivity index (χ4v) is 2.33. The third-order valence-corrected chi connectivity index (χ3v) is 3.49. The summed E-state index contributed by atoms with van der Waals surface area (Å²) >= 11 is 0. The molecule has 0 radical (unpaired) electrons. The quantitative estimate of drug-likeness (QED) is 0.421. The Kier molecular flexibility index (Phi) is 9.42. The maximum Gasteiger partial charge on any atom is 0.188 e. The molecule has 3 N–H and O–H groups in total. The molecular weight excluding hydrogens is 391 g/mol. The number of nitrogens with one attached hydrogen (secondary N) is 1. The summed E-state index contributed by atoms with van der Waals surface area (Å²) in [5.41, 5.74) is 8.33. The molecule has 0 aromatic heterocycles. The van der Waals surface area contributed by atoms with Gasteiger partial charge in [-0.25, -0.2) is 4.99 Å². The number of hydrogen-bond acceptors (Lipinski definition) is 3. The highest BCUT2D eigenvalue weighted by molar-refractivity contribution is 14.0. The summed E-state index contributed by atoms with van der Waals surface area (Å²) in [5, 5.41) is 3.09. The van der Waals surface area contributed by atoms with Crippen molar-refractivity contribution in [2.45, 2.75) is 26.4 Å². The number of morpholine rings is 1. The van der Waals surface area contributed by atoms with E-state index in [1.54, 1.807) is 0 Å². The minimum Gasteiger partial charge on any atom is -0.379 e. The topological polar surface area (TPSA) is 62.9 Å². The predicted molar refractivity (Wildman–Crippen MR) is 102 cm³/mol. The molecule has 1 aromatic carbocycles. The van der Waals surface area contributed by atoms with Crippen LogP contribution in [-0.2, 0) is 17.8 Å². The molecule has 1 heterocycles. The number of halogens is 1. The second-order valence-electron chi connectivity index (χ2n) is 5.34. The van der Waals surface area contributed by atoms with E-state index in [1.807, 2.05) is 0 Å². The zero-order valence-electron chi connectivity index (χ0n) is 13.3. The van der Waals surface area contributed by atoms with Gasteiger partial charge in [-0.1, -0.05) is 31.2 Å². The van der Waals surface area contributed by atoms with Crippen molar-refractivity contribution < 1.29 is 4.74 Å². The van der Waals surface area contributed by atoms with Crippen molar-refractivity contribution in [3.63, 3.8) is 0 Å². The van der Waals surface area contributed by atoms with Crippen LogP contribution in [0, 0.1) is 0 Å². The van der Waals surface area contributed by atoms with Gasteiger partial charge in [-0.05, 0) is 17.5 Å². The van der Waals surface area contributed by atoms with Crippen LogP contribution in [0.3, 0.4) is 0 Å². The molecule has 0 bridgehead atoms. The van der Waals surface area contributed by atoms with Crippen LogP contribution in [0.25, 0.3) is 0 Å². The zero-order valence-corrected chi connectivity index (χ0v) is 15.6. The zero-order chi connectivity index (χ0) is 14.9. The van der Waals surface area contributed by atoms with Crippen LogP contribution in [0.15, 0.2) is 29.3 Å². The van der Waals surface area contributed by atoms with E-state index in [2.05, 4.69) is 46.4 Å². The minimum atomic E-state index is 0. The van der Waals surface area contributed by atoms with Gasteiger partial charge in [-0.2, -0.15) is 0 Å². The molecule has 6 heteroatoms. The maximum atomic E-state index is 5.81. The van der Waals surface area contributed by atoms with E-state index < -0.39 is 0 Å². The number of nitrogens with two attached hydrogens (primary N) is 1. The SMILES string of the molecule is CCCNC(N)=NCc1cccc(CN2CCOCC2)c1.I. The first-order chi connectivity index (χ1) is 10.3. The summed E-state index contributed by atoms with van der Waals surface area (Å²) in [4.78, 5) is 6.79. The molecule has 0 amide bonds. The number of guanidine groups is 1. The first-order valence-electron chi connectivity index (χ1n) is 7.69. The van der Waals surface area contributed by atoms with Crippen LogP contribution in [0.4, 0.5) is 0 Å². The Morgan fingerprint density at radius 2 is 2.05 bits per heavy atom. The van der Waals surface area contributed by atoms with Gasteiger partial charge in [0.2, 0.25) is 0 Å². The lowest BCUT2D eigenvalue weighted by Crippen LogP contribution is -2.35. The molecule has 0 spiro atoms. The molecule has 1 saturated heterocycles. The molecule has 22 heavy (non-hydrogen) atoms. The normalized spacial score (nSPS) is 16.1. The van der Waals surface area contributed by atoms with Gasteiger partial charge in [0.05, 0.1) is 19.8 Å². The minimum absolute atomic E-state index is 0. The second-order valence-corrected chi connectivity index (χ2v) is 5.34. The summed E-state index contributed by atoms with van der Waals surface area (Å²) in [6.45, 7) is 8.27.